The van der Waals surface area contributed by atoms with E-state index in [1.165, 1.54) is 232 Å². The lowest BCUT2D eigenvalue weighted by molar-refractivity contribution is -0.655. The van der Waals surface area contributed by atoms with Gasteiger partial charge in [0, 0.05) is 11.9 Å². The molecule has 6 nitrogen and oxygen atoms in total. The van der Waals surface area contributed by atoms with E-state index in [0.717, 1.165) is 0 Å². The van der Waals surface area contributed by atoms with Crippen molar-refractivity contribution < 1.29 is 30.4 Å². The summed E-state index contributed by atoms with van der Waals surface area (Å²) >= 11 is 0. The molecule has 0 aliphatic carbocycles. The molecule has 0 unspecified atom stereocenters. The average molecular weight is 727 g/mol. The molecule has 0 aromatic heterocycles. The molecule has 0 aromatic rings. The second kappa shape index (κ2) is 53.2. The number of carboxylic acids is 2. The minimum absolute atomic E-state index is 0.0880. The van der Waals surface area contributed by atoms with E-state index >= 15 is 0 Å². The number of hydrogen-bond donors (Lipinski definition) is 2. The normalized spacial score (nSPS) is 10.7. The maximum Gasteiger partial charge on any atom is 0.0755 e. The molecule has 0 radical (unpaired) electrons. The Balaban J connectivity index is -0.000000731. The van der Waals surface area contributed by atoms with Gasteiger partial charge in [-0.1, -0.05) is 182 Å². The molecule has 0 saturated heterocycles. The number of aliphatic carboxylic acids is 2. The van der Waals surface area contributed by atoms with Crippen LogP contribution in [0.4, 0.5) is 0 Å². The van der Waals surface area contributed by atoms with Gasteiger partial charge in [0.05, 0.1) is 26.2 Å². The molecule has 0 saturated carbocycles. The number of unbranched alkanes of at least 4 members (excludes halogenated alkanes) is 28. The number of rotatable bonds is 40. The van der Waals surface area contributed by atoms with E-state index in [-0.39, 0.29) is 19.3 Å². The van der Waals surface area contributed by atoms with E-state index in [1.807, 2.05) is 0 Å². The van der Waals surface area contributed by atoms with Gasteiger partial charge in [-0.2, -0.15) is 0 Å². The molecular weight excluding hydrogens is 633 g/mol. The summed E-state index contributed by atoms with van der Waals surface area (Å²) in [4.78, 5) is 19.3. The molecule has 6 heteroatoms. The van der Waals surface area contributed by atoms with Crippen molar-refractivity contribution in [3.05, 3.63) is 0 Å². The van der Waals surface area contributed by atoms with Crippen LogP contribution in [0.15, 0.2) is 0 Å². The third-order valence-corrected chi connectivity index (χ3v) is 9.81. The zero-order chi connectivity index (χ0) is 38.1. The topological polar surface area (TPSA) is 113 Å². The van der Waals surface area contributed by atoms with E-state index in [0.29, 0.717) is 0 Å². The van der Waals surface area contributed by atoms with E-state index in [2.05, 4.69) is 38.3 Å². The van der Waals surface area contributed by atoms with Crippen LogP contribution in [0.2, 0.25) is 0 Å². The summed E-state index contributed by atoms with van der Waals surface area (Å²) in [5.74, 6) is -2.45. The van der Waals surface area contributed by atoms with Gasteiger partial charge in [-0.15, -0.1) is 0 Å². The first-order valence-corrected chi connectivity index (χ1v) is 23.0. The molecule has 0 atom stereocenters. The van der Waals surface area contributed by atoms with Crippen molar-refractivity contribution in [1.29, 1.82) is 0 Å². The second-order valence-electron chi connectivity index (χ2n) is 15.2. The molecule has 0 heterocycles. The van der Waals surface area contributed by atoms with E-state index in [1.54, 1.807) is 0 Å². The lowest BCUT2D eigenvalue weighted by Gasteiger charge is -2.03. The minimum Gasteiger partial charge on any atom is -0.550 e. The summed E-state index contributed by atoms with van der Waals surface area (Å²) < 4.78 is 0. The minimum atomic E-state index is -1.23. The van der Waals surface area contributed by atoms with Crippen LogP contribution in [0.1, 0.15) is 252 Å². The molecule has 0 amide bonds. The van der Waals surface area contributed by atoms with Crippen LogP contribution in [0.3, 0.4) is 0 Å². The largest absolute Gasteiger partial charge is 0.550 e. The van der Waals surface area contributed by atoms with Gasteiger partial charge in [-0.25, -0.2) is 0 Å². The fourth-order valence-electron chi connectivity index (χ4n) is 6.36. The molecule has 0 bridgehead atoms. The highest BCUT2D eigenvalue weighted by atomic mass is 16.4. The Bertz CT molecular complexity index is 543. The van der Waals surface area contributed by atoms with Crippen molar-refractivity contribution in [3.63, 3.8) is 0 Å². The zero-order valence-corrected chi connectivity index (χ0v) is 35.4. The Morgan fingerprint density at radius 3 is 0.647 bits per heavy atom. The number of hydrogen-bond acceptors (Lipinski definition) is 4. The van der Waals surface area contributed by atoms with E-state index in [4.69, 9.17) is 0 Å². The lowest BCUT2D eigenvalue weighted by Crippen LogP contribution is -2.84. The standard InChI is InChI=1S/2C20H43N.C5H8O4/c2*1-3-5-7-9-11-13-15-17-19-21-20-18-16-14-12-10-8-6-4-2;6-4(7)2-1-3-5(8)9/h2*21H,3-20H2,1-2H3;1-3H2,(H,6,7)(H,8,9). The summed E-state index contributed by atoms with van der Waals surface area (Å²) in [6, 6.07) is 0. The van der Waals surface area contributed by atoms with Crippen LogP contribution in [0, 0.1) is 0 Å². The Labute approximate surface area is 320 Å². The summed E-state index contributed by atoms with van der Waals surface area (Å²) in [5, 5.41) is 24.4. The predicted octanol–water partition coefficient (Wildman–Crippen LogP) is 9.32. The Kier molecular flexibility index (Phi) is 56.6. The summed E-state index contributed by atoms with van der Waals surface area (Å²) in [5.41, 5.74) is 0. The van der Waals surface area contributed by atoms with Gasteiger partial charge in [-0.3, -0.25) is 0 Å². The van der Waals surface area contributed by atoms with Crippen molar-refractivity contribution in [3.8, 4) is 0 Å². The monoisotopic (exact) mass is 727 g/mol. The van der Waals surface area contributed by atoms with Crippen LogP contribution in [0.5, 0.6) is 0 Å². The third kappa shape index (κ3) is 64.3. The molecular formula is C45H94N2O4. The first-order valence-electron chi connectivity index (χ1n) is 23.0. The van der Waals surface area contributed by atoms with Crippen LogP contribution < -0.4 is 20.8 Å². The first kappa shape index (κ1) is 54.2. The third-order valence-electron chi connectivity index (χ3n) is 9.81. The molecule has 308 valence electrons. The first-order chi connectivity index (χ1) is 25.0. The van der Waals surface area contributed by atoms with Crippen LogP contribution in [-0.2, 0) is 9.59 Å². The fraction of sp³-hybridized carbons (Fsp3) is 0.956. The van der Waals surface area contributed by atoms with Crippen molar-refractivity contribution in [2.24, 2.45) is 0 Å². The van der Waals surface area contributed by atoms with Crippen molar-refractivity contribution in [2.75, 3.05) is 26.2 Å². The van der Waals surface area contributed by atoms with E-state index < -0.39 is 11.9 Å². The van der Waals surface area contributed by atoms with Gasteiger partial charge >= 0.3 is 0 Å². The van der Waals surface area contributed by atoms with Gasteiger partial charge in [0.15, 0.2) is 0 Å². The number of carboxylic acid groups (broad SMARTS) is 2. The number of quaternary nitrogens is 2. The molecule has 0 spiro atoms. The predicted molar refractivity (Wildman–Crippen MR) is 218 cm³/mol. The molecule has 0 fully saturated rings. The smallest absolute Gasteiger partial charge is 0.0755 e. The zero-order valence-electron chi connectivity index (χ0n) is 35.4. The van der Waals surface area contributed by atoms with Gasteiger partial charge in [0.25, 0.3) is 0 Å². The maximum absolute atomic E-state index is 9.66. The number of nitrogens with two attached hydrogens (primary N) is 2. The molecule has 4 N–H and O–H groups in total. The molecule has 51 heavy (non-hydrogen) atoms. The Morgan fingerprint density at radius 2 is 0.471 bits per heavy atom. The molecule has 0 rings (SSSR count). The highest BCUT2D eigenvalue weighted by Crippen LogP contribution is 2.10. The highest BCUT2D eigenvalue weighted by Gasteiger charge is 1.97. The molecule has 0 aromatic carbocycles. The summed E-state index contributed by atoms with van der Waals surface area (Å²) in [6.45, 7) is 14.6. The van der Waals surface area contributed by atoms with Crippen LogP contribution in [0.25, 0.3) is 0 Å². The van der Waals surface area contributed by atoms with Gasteiger partial charge in [0.1, 0.15) is 0 Å². The number of carbonyl (C=O) groups excluding carboxylic acids is 2. The Hall–Kier alpha value is -1.14. The van der Waals surface area contributed by atoms with E-state index in [9.17, 15) is 19.8 Å². The SMILES string of the molecule is CCCCCCCCCC[NH2+]CCCCCCCCCC.CCCCCCCCCC[NH2+]CCCCCCCCCC.O=C([O-])CCCC(=O)[O-]. The second-order valence-corrected chi connectivity index (χ2v) is 15.2. The lowest BCUT2D eigenvalue weighted by atomic mass is 10.1. The van der Waals surface area contributed by atoms with Crippen molar-refractivity contribution in [1.82, 2.24) is 0 Å². The Morgan fingerprint density at radius 1 is 0.294 bits per heavy atom. The number of carbonyl (C=O) groups is 2. The quantitative estimate of drug-likeness (QED) is 0.0613. The average Bonchev–Trinajstić information content (AvgIpc) is 3.11. The fourth-order valence-corrected chi connectivity index (χ4v) is 6.36. The van der Waals surface area contributed by atoms with Crippen LogP contribution in [-0.4, -0.2) is 38.1 Å². The van der Waals surface area contributed by atoms with Gasteiger partial charge < -0.3 is 30.4 Å². The van der Waals surface area contributed by atoms with Crippen molar-refractivity contribution in [2.45, 2.75) is 252 Å². The molecule has 0 aliphatic rings. The summed E-state index contributed by atoms with van der Waals surface area (Å²) in [7, 11) is 0. The van der Waals surface area contributed by atoms with Crippen molar-refractivity contribution >= 4 is 11.9 Å². The highest BCUT2D eigenvalue weighted by molar-refractivity contribution is 5.67. The van der Waals surface area contributed by atoms with Gasteiger partial charge in [-0.05, 0) is 70.6 Å². The maximum atomic E-state index is 9.66. The molecule has 0 aliphatic heterocycles. The summed E-state index contributed by atoms with van der Waals surface area (Å²) in [6.07, 6.45) is 45.9. The van der Waals surface area contributed by atoms with Crippen LogP contribution >= 0.6 is 0 Å². The van der Waals surface area contributed by atoms with Gasteiger partial charge in [0.2, 0.25) is 0 Å².